The van der Waals surface area contributed by atoms with E-state index in [2.05, 4.69) is 14.7 Å². The van der Waals surface area contributed by atoms with Crippen molar-refractivity contribution in [3.63, 3.8) is 0 Å². The average molecular weight is 317 g/mol. The van der Waals surface area contributed by atoms with Gasteiger partial charge in [-0.3, -0.25) is 0 Å². The number of methoxy groups -OCH3 is 1. The van der Waals surface area contributed by atoms with E-state index >= 15 is 0 Å². The van der Waals surface area contributed by atoms with E-state index in [9.17, 15) is 22.7 Å². The van der Waals surface area contributed by atoms with Gasteiger partial charge in [-0.1, -0.05) is 12.1 Å². The summed E-state index contributed by atoms with van der Waals surface area (Å²) in [6.07, 6.45) is -6.48. The van der Waals surface area contributed by atoms with Gasteiger partial charge >= 0.3 is 6.18 Å². The van der Waals surface area contributed by atoms with Crippen molar-refractivity contribution in [1.82, 2.24) is 9.97 Å². The second-order valence-electron chi connectivity index (χ2n) is 4.30. The Morgan fingerprint density at radius 1 is 1.27 bits per heavy atom. The summed E-state index contributed by atoms with van der Waals surface area (Å²) in [5.74, 6) is -1.79. The highest BCUT2D eigenvalue weighted by molar-refractivity contribution is 5.50. The first-order valence-electron chi connectivity index (χ1n) is 5.96. The van der Waals surface area contributed by atoms with Gasteiger partial charge in [0.1, 0.15) is 11.9 Å². The molecule has 0 spiro atoms. The van der Waals surface area contributed by atoms with Crippen LogP contribution in [0.4, 0.5) is 23.2 Å². The minimum absolute atomic E-state index is 0.138. The molecule has 0 saturated heterocycles. The Labute approximate surface area is 122 Å². The minimum atomic E-state index is -4.75. The Kier molecular flexibility index (Phi) is 4.18. The van der Waals surface area contributed by atoms with Gasteiger partial charge in [0.05, 0.1) is 12.8 Å². The SMILES string of the molecule is COc1cc(C(F)(F)F)nc(C(O)c2cccc(F)c2N)n1. The summed E-state index contributed by atoms with van der Waals surface area (Å²) in [6.45, 7) is 0. The first kappa shape index (κ1) is 16.0. The standard InChI is InChI=1S/C13H11F4N3O2/c1-22-9-5-8(13(15,16)17)19-12(20-9)11(21)6-3-2-4-7(14)10(6)18/h2-5,11,21H,18H2,1H3. The van der Waals surface area contributed by atoms with Crippen LogP contribution in [0.3, 0.4) is 0 Å². The van der Waals surface area contributed by atoms with Crippen molar-refractivity contribution in [3.05, 3.63) is 47.2 Å². The number of aliphatic hydroxyl groups is 1. The predicted molar refractivity (Wildman–Crippen MR) is 68.5 cm³/mol. The quantitative estimate of drug-likeness (QED) is 0.670. The number of nitrogens with two attached hydrogens (primary N) is 1. The molecule has 1 aromatic heterocycles. The monoisotopic (exact) mass is 317 g/mol. The van der Waals surface area contributed by atoms with E-state index in [1.165, 1.54) is 12.1 Å². The Bertz CT molecular complexity index is 691. The molecule has 118 valence electrons. The van der Waals surface area contributed by atoms with E-state index in [0.717, 1.165) is 13.2 Å². The average Bonchev–Trinajstić information content (AvgIpc) is 2.48. The fourth-order valence-electron chi connectivity index (χ4n) is 1.75. The molecule has 2 aromatic rings. The maximum atomic E-state index is 13.4. The van der Waals surface area contributed by atoms with E-state index < -0.39 is 35.3 Å². The van der Waals surface area contributed by atoms with Crippen LogP contribution in [0, 0.1) is 5.82 Å². The molecule has 0 saturated carbocycles. The third kappa shape index (κ3) is 3.08. The van der Waals surface area contributed by atoms with E-state index in [0.29, 0.717) is 6.07 Å². The number of benzene rings is 1. The molecule has 2 rings (SSSR count). The molecule has 0 aliphatic carbocycles. The number of anilines is 1. The third-order valence-electron chi connectivity index (χ3n) is 2.85. The van der Waals surface area contributed by atoms with Gasteiger partial charge in [0, 0.05) is 11.6 Å². The smallest absolute Gasteiger partial charge is 0.433 e. The maximum Gasteiger partial charge on any atom is 0.433 e. The van der Waals surface area contributed by atoms with E-state index in [4.69, 9.17) is 5.73 Å². The Hall–Kier alpha value is -2.42. The minimum Gasteiger partial charge on any atom is -0.481 e. The lowest BCUT2D eigenvalue weighted by molar-refractivity contribution is -0.141. The molecular weight excluding hydrogens is 306 g/mol. The van der Waals surface area contributed by atoms with Gasteiger partial charge in [-0.15, -0.1) is 0 Å². The molecule has 22 heavy (non-hydrogen) atoms. The molecule has 0 amide bonds. The van der Waals surface area contributed by atoms with Crippen molar-refractivity contribution < 1.29 is 27.4 Å². The molecule has 5 nitrogen and oxygen atoms in total. The highest BCUT2D eigenvalue weighted by Gasteiger charge is 2.35. The second kappa shape index (κ2) is 5.76. The third-order valence-corrected chi connectivity index (χ3v) is 2.85. The number of hydrogen-bond acceptors (Lipinski definition) is 5. The predicted octanol–water partition coefficient (Wildman–Crippen LogP) is 2.31. The van der Waals surface area contributed by atoms with Crippen molar-refractivity contribution in [3.8, 4) is 5.88 Å². The summed E-state index contributed by atoms with van der Waals surface area (Å²) in [5.41, 5.74) is 3.65. The van der Waals surface area contributed by atoms with Gasteiger partial charge in [0.25, 0.3) is 0 Å². The highest BCUT2D eigenvalue weighted by atomic mass is 19.4. The lowest BCUT2D eigenvalue weighted by Gasteiger charge is -2.15. The molecule has 0 fully saturated rings. The largest absolute Gasteiger partial charge is 0.481 e. The number of aliphatic hydroxyl groups excluding tert-OH is 1. The van der Waals surface area contributed by atoms with Crippen LogP contribution in [-0.4, -0.2) is 22.2 Å². The number of aromatic nitrogens is 2. The van der Waals surface area contributed by atoms with E-state index in [-0.39, 0.29) is 11.4 Å². The van der Waals surface area contributed by atoms with Crippen molar-refractivity contribution >= 4 is 5.69 Å². The molecule has 0 radical (unpaired) electrons. The first-order chi connectivity index (χ1) is 10.2. The van der Waals surface area contributed by atoms with E-state index in [1.807, 2.05) is 0 Å². The lowest BCUT2D eigenvalue weighted by atomic mass is 10.1. The van der Waals surface area contributed by atoms with Crippen LogP contribution in [-0.2, 0) is 6.18 Å². The number of rotatable bonds is 3. The number of nitrogen functional groups attached to an aromatic ring is 1. The van der Waals surface area contributed by atoms with Crippen molar-refractivity contribution in [2.24, 2.45) is 0 Å². The van der Waals surface area contributed by atoms with Crippen LogP contribution in [0.1, 0.15) is 23.2 Å². The number of para-hydroxylation sites is 1. The normalized spacial score (nSPS) is 13.0. The van der Waals surface area contributed by atoms with Gasteiger partial charge in [-0.25, -0.2) is 9.37 Å². The number of alkyl halides is 3. The maximum absolute atomic E-state index is 13.4. The topological polar surface area (TPSA) is 81.3 Å². The lowest BCUT2D eigenvalue weighted by Crippen LogP contribution is -2.15. The van der Waals surface area contributed by atoms with Crippen LogP contribution in [0.5, 0.6) is 5.88 Å². The van der Waals surface area contributed by atoms with Gasteiger partial charge in [0.2, 0.25) is 5.88 Å². The van der Waals surface area contributed by atoms with Gasteiger partial charge in [-0.2, -0.15) is 18.2 Å². The van der Waals surface area contributed by atoms with Crippen LogP contribution >= 0.6 is 0 Å². The second-order valence-corrected chi connectivity index (χ2v) is 4.30. The molecule has 1 unspecified atom stereocenters. The zero-order chi connectivity index (χ0) is 16.5. The zero-order valence-corrected chi connectivity index (χ0v) is 11.2. The van der Waals surface area contributed by atoms with Crippen LogP contribution < -0.4 is 10.5 Å². The number of hydrogen-bond donors (Lipinski definition) is 2. The van der Waals surface area contributed by atoms with Gasteiger partial charge in [0.15, 0.2) is 11.5 Å². The fraction of sp³-hybridized carbons (Fsp3) is 0.231. The van der Waals surface area contributed by atoms with Crippen LogP contribution in [0.15, 0.2) is 24.3 Å². The molecular formula is C13H11F4N3O2. The summed E-state index contributed by atoms with van der Waals surface area (Å²) in [7, 11) is 1.12. The van der Waals surface area contributed by atoms with Crippen molar-refractivity contribution in [1.29, 1.82) is 0 Å². The first-order valence-corrected chi connectivity index (χ1v) is 5.96. The van der Waals surface area contributed by atoms with Crippen LogP contribution in [0.2, 0.25) is 0 Å². The molecule has 3 N–H and O–H groups in total. The summed E-state index contributed by atoms with van der Waals surface area (Å²) in [4.78, 5) is 6.91. The molecule has 0 aliphatic heterocycles. The summed E-state index contributed by atoms with van der Waals surface area (Å²) < 4.78 is 56.4. The van der Waals surface area contributed by atoms with Crippen molar-refractivity contribution in [2.75, 3.05) is 12.8 Å². The molecule has 9 heteroatoms. The number of halogens is 4. The van der Waals surface area contributed by atoms with E-state index in [1.54, 1.807) is 0 Å². The Morgan fingerprint density at radius 2 is 1.95 bits per heavy atom. The van der Waals surface area contributed by atoms with Gasteiger partial charge < -0.3 is 15.6 Å². The Balaban J connectivity index is 2.53. The highest BCUT2D eigenvalue weighted by Crippen LogP contribution is 2.32. The zero-order valence-electron chi connectivity index (χ0n) is 11.2. The summed E-state index contributed by atoms with van der Waals surface area (Å²) in [6, 6.07) is 4.17. The molecule has 0 bridgehead atoms. The molecule has 1 atom stereocenters. The van der Waals surface area contributed by atoms with Crippen LogP contribution in [0.25, 0.3) is 0 Å². The number of ether oxygens (including phenoxy) is 1. The Morgan fingerprint density at radius 3 is 2.55 bits per heavy atom. The number of nitrogens with zero attached hydrogens (tertiary/aromatic N) is 2. The summed E-state index contributed by atoms with van der Waals surface area (Å²) in [5, 5.41) is 10.1. The molecule has 0 aliphatic rings. The summed E-state index contributed by atoms with van der Waals surface area (Å²) >= 11 is 0. The van der Waals surface area contributed by atoms with Gasteiger partial charge in [-0.05, 0) is 6.07 Å². The molecule has 1 aromatic carbocycles. The fourth-order valence-corrected chi connectivity index (χ4v) is 1.75. The molecule has 1 heterocycles. The van der Waals surface area contributed by atoms with Crippen molar-refractivity contribution in [2.45, 2.75) is 12.3 Å².